The molecule has 2 aromatic carbocycles. The molecule has 4 nitrogen and oxygen atoms in total. The second kappa shape index (κ2) is 6.74. The minimum absolute atomic E-state index is 0.544. The van der Waals surface area contributed by atoms with Crippen LogP contribution in [0.5, 0.6) is 5.75 Å². The first-order valence-corrected chi connectivity index (χ1v) is 9.10. The SMILES string of the molecule is COc1cc2c(cc1NC(=S)NCc1cccs1)oc1ccccc12. The largest absolute Gasteiger partial charge is 0.495 e. The van der Waals surface area contributed by atoms with Gasteiger partial charge in [-0.3, -0.25) is 0 Å². The summed E-state index contributed by atoms with van der Waals surface area (Å²) in [7, 11) is 1.65. The van der Waals surface area contributed by atoms with Gasteiger partial charge in [0.1, 0.15) is 16.9 Å². The second-order valence-electron chi connectivity index (χ2n) is 5.53. The Bertz CT molecular complexity index is 1040. The number of rotatable bonds is 4. The van der Waals surface area contributed by atoms with Crippen molar-refractivity contribution in [1.29, 1.82) is 0 Å². The average Bonchev–Trinajstić information content (AvgIpc) is 3.26. The summed E-state index contributed by atoms with van der Waals surface area (Å²) >= 11 is 7.09. The van der Waals surface area contributed by atoms with Gasteiger partial charge in [0.2, 0.25) is 0 Å². The summed E-state index contributed by atoms with van der Waals surface area (Å²) in [5, 5.41) is 11.1. The molecule has 0 radical (unpaired) electrons. The molecule has 4 rings (SSSR count). The summed E-state index contributed by atoms with van der Waals surface area (Å²) < 4.78 is 11.5. The van der Waals surface area contributed by atoms with Crippen LogP contribution in [0.15, 0.2) is 58.3 Å². The molecule has 0 fully saturated rings. The number of hydrogen-bond acceptors (Lipinski definition) is 4. The van der Waals surface area contributed by atoms with Gasteiger partial charge in [0, 0.05) is 21.7 Å². The zero-order valence-electron chi connectivity index (χ0n) is 13.5. The van der Waals surface area contributed by atoms with E-state index < -0.39 is 0 Å². The molecule has 0 amide bonds. The predicted octanol–water partition coefficient (Wildman–Crippen LogP) is 5.14. The fourth-order valence-electron chi connectivity index (χ4n) is 2.77. The lowest BCUT2D eigenvalue weighted by Crippen LogP contribution is -2.27. The Balaban J connectivity index is 1.61. The molecule has 0 aliphatic heterocycles. The summed E-state index contributed by atoms with van der Waals surface area (Å²) in [5.41, 5.74) is 2.43. The van der Waals surface area contributed by atoms with Gasteiger partial charge < -0.3 is 19.8 Å². The average molecular weight is 368 g/mol. The van der Waals surface area contributed by atoms with E-state index in [1.807, 2.05) is 47.8 Å². The number of methoxy groups -OCH3 is 1. The Hall–Kier alpha value is -2.57. The topological polar surface area (TPSA) is 46.4 Å². The molecule has 2 N–H and O–H groups in total. The Morgan fingerprint density at radius 1 is 1.12 bits per heavy atom. The van der Waals surface area contributed by atoms with E-state index in [9.17, 15) is 0 Å². The molecule has 2 heterocycles. The summed E-state index contributed by atoms with van der Waals surface area (Å²) in [5.74, 6) is 0.722. The predicted molar refractivity (Wildman–Crippen MR) is 108 cm³/mol. The van der Waals surface area contributed by atoms with Crippen molar-refractivity contribution < 1.29 is 9.15 Å². The maximum Gasteiger partial charge on any atom is 0.171 e. The first-order valence-electron chi connectivity index (χ1n) is 7.81. The first kappa shape index (κ1) is 15.9. The molecule has 0 atom stereocenters. The highest BCUT2D eigenvalue weighted by atomic mass is 32.1. The van der Waals surface area contributed by atoms with Gasteiger partial charge >= 0.3 is 0 Å². The molecular formula is C19H16N2O2S2. The van der Waals surface area contributed by atoms with Crippen molar-refractivity contribution in [3.63, 3.8) is 0 Å². The monoisotopic (exact) mass is 368 g/mol. The maximum atomic E-state index is 5.94. The summed E-state index contributed by atoms with van der Waals surface area (Å²) in [6.07, 6.45) is 0. The quantitative estimate of drug-likeness (QED) is 0.488. The molecule has 0 aliphatic rings. The van der Waals surface area contributed by atoms with Crippen LogP contribution in [-0.4, -0.2) is 12.2 Å². The molecule has 6 heteroatoms. The lowest BCUT2D eigenvalue weighted by Gasteiger charge is -2.13. The fraction of sp³-hybridized carbons (Fsp3) is 0.105. The van der Waals surface area contributed by atoms with E-state index in [0.29, 0.717) is 11.7 Å². The first-order chi connectivity index (χ1) is 12.2. The molecule has 25 heavy (non-hydrogen) atoms. The van der Waals surface area contributed by atoms with Crippen LogP contribution in [0.1, 0.15) is 4.88 Å². The third-order valence-electron chi connectivity index (χ3n) is 3.95. The highest BCUT2D eigenvalue weighted by molar-refractivity contribution is 7.80. The van der Waals surface area contributed by atoms with Crippen LogP contribution < -0.4 is 15.4 Å². The van der Waals surface area contributed by atoms with Crippen molar-refractivity contribution in [1.82, 2.24) is 5.32 Å². The van der Waals surface area contributed by atoms with Crippen LogP contribution in [-0.2, 0) is 6.54 Å². The summed E-state index contributed by atoms with van der Waals surface area (Å²) in [6, 6.07) is 16.0. The normalized spacial score (nSPS) is 10.9. The number of anilines is 1. The molecule has 0 unspecified atom stereocenters. The number of nitrogens with one attached hydrogen (secondary N) is 2. The molecule has 126 valence electrons. The van der Waals surface area contributed by atoms with E-state index >= 15 is 0 Å². The Morgan fingerprint density at radius 2 is 2.00 bits per heavy atom. The van der Waals surface area contributed by atoms with Crippen LogP contribution in [0.2, 0.25) is 0 Å². The smallest absolute Gasteiger partial charge is 0.171 e. The minimum Gasteiger partial charge on any atom is -0.495 e. The van der Waals surface area contributed by atoms with E-state index in [2.05, 4.69) is 16.7 Å². The van der Waals surface area contributed by atoms with Crippen molar-refractivity contribution in [2.24, 2.45) is 0 Å². The van der Waals surface area contributed by atoms with Crippen LogP contribution in [0.3, 0.4) is 0 Å². The molecule has 0 aliphatic carbocycles. The second-order valence-corrected chi connectivity index (χ2v) is 6.97. The number of thiocarbonyl (C=S) groups is 1. The standard InChI is InChI=1S/C19H16N2O2S2/c1-22-18-9-14-13-6-2-3-7-16(13)23-17(14)10-15(18)21-19(24)20-11-12-5-4-8-25-12/h2-10H,11H2,1H3,(H2,20,21,24). The van der Waals surface area contributed by atoms with Crippen LogP contribution in [0.25, 0.3) is 21.9 Å². The van der Waals surface area contributed by atoms with E-state index in [1.54, 1.807) is 18.4 Å². The van der Waals surface area contributed by atoms with Gasteiger partial charge in [-0.15, -0.1) is 11.3 Å². The number of thiophene rings is 1. The summed E-state index contributed by atoms with van der Waals surface area (Å²) in [4.78, 5) is 1.23. The summed E-state index contributed by atoms with van der Waals surface area (Å²) in [6.45, 7) is 0.693. The van der Waals surface area contributed by atoms with Gasteiger partial charge in [0.25, 0.3) is 0 Å². The van der Waals surface area contributed by atoms with Crippen LogP contribution >= 0.6 is 23.6 Å². The number of benzene rings is 2. The van der Waals surface area contributed by atoms with Gasteiger partial charge in [-0.2, -0.15) is 0 Å². The van der Waals surface area contributed by atoms with Crippen molar-refractivity contribution >= 4 is 56.3 Å². The van der Waals surface area contributed by atoms with E-state index in [4.69, 9.17) is 21.4 Å². The number of ether oxygens (including phenoxy) is 1. The van der Waals surface area contributed by atoms with Gasteiger partial charge in [0.05, 0.1) is 19.3 Å². The zero-order valence-corrected chi connectivity index (χ0v) is 15.2. The number of fused-ring (bicyclic) bond motifs is 3. The van der Waals surface area contributed by atoms with Gasteiger partial charge in [-0.25, -0.2) is 0 Å². The maximum absolute atomic E-state index is 5.94. The molecule has 0 spiro atoms. The van der Waals surface area contributed by atoms with E-state index in [0.717, 1.165) is 33.4 Å². The van der Waals surface area contributed by atoms with Crippen molar-refractivity contribution in [3.05, 3.63) is 58.8 Å². The Morgan fingerprint density at radius 3 is 2.80 bits per heavy atom. The van der Waals surface area contributed by atoms with E-state index in [1.165, 1.54) is 4.88 Å². The van der Waals surface area contributed by atoms with Crippen molar-refractivity contribution in [2.75, 3.05) is 12.4 Å². The highest BCUT2D eigenvalue weighted by Crippen LogP contribution is 2.36. The molecule has 2 aromatic heterocycles. The molecule has 0 saturated heterocycles. The number of hydrogen-bond donors (Lipinski definition) is 2. The fourth-order valence-corrected chi connectivity index (χ4v) is 3.59. The molecule has 0 bridgehead atoms. The Kier molecular flexibility index (Phi) is 4.29. The number of para-hydroxylation sites is 1. The van der Waals surface area contributed by atoms with Gasteiger partial charge in [-0.05, 0) is 35.8 Å². The lowest BCUT2D eigenvalue weighted by atomic mass is 10.1. The van der Waals surface area contributed by atoms with Gasteiger partial charge in [-0.1, -0.05) is 24.3 Å². The van der Waals surface area contributed by atoms with E-state index in [-0.39, 0.29) is 0 Å². The van der Waals surface area contributed by atoms with Crippen LogP contribution in [0.4, 0.5) is 5.69 Å². The van der Waals surface area contributed by atoms with Crippen molar-refractivity contribution in [3.8, 4) is 5.75 Å². The minimum atomic E-state index is 0.544. The Labute approximate surface area is 154 Å². The van der Waals surface area contributed by atoms with Crippen LogP contribution in [0, 0.1) is 0 Å². The molecule has 4 aromatic rings. The number of furan rings is 1. The zero-order chi connectivity index (χ0) is 17.2. The van der Waals surface area contributed by atoms with Crippen molar-refractivity contribution in [2.45, 2.75) is 6.54 Å². The third-order valence-corrected chi connectivity index (χ3v) is 5.07. The lowest BCUT2D eigenvalue weighted by molar-refractivity contribution is 0.417. The third kappa shape index (κ3) is 3.18. The highest BCUT2D eigenvalue weighted by Gasteiger charge is 2.13. The molecule has 0 saturated carbocycles. The van der Waals surface area contributed by atoms with Gasteiger partial charge in [0.15, 0.2) is 5.11 Å². The molecular weight excluding hydrogens is 352 g/mol.